The van der Waals surface area contributed by atoms with Gasteiger partial charge in [-0.15, -0.1) is 0 Å². The molecule has 1 aliphatic carbocycles. The van der Waals surface area contributed by atoms with Crippen LogP contribution in [0.5, 0.6) is 0 Å². The van der Waals surface area contributed by atoms with E-state index in [0.29, 0.717) is 10.3 Å². The lowest BCUT2D eigenvalue weighted by molar-refractivity contribution is 0.0776. The highest BCUT2D eigenvalue weighted by molar-refractivity contribution is 7.99. The van der Waals surface area contributed by atoms with Crippen molar-refractivity contribution in [3.8, 4) is 0 Å². The lowest BCUT2D eigenvalue weighted by atomic mass is 9.90. The van der Waals surface area contributed by atoms with Gasteiger partial charge in [0.05, 0.1) is 16.8 Å². The Hall–Kier alpha value is -2.59. The molecule has 2 nitrogen and oxygen atoms in total. The Morgan fingerprint density at radius 3 is 2.62 bits per heavy atom. The maximum absolute atomic E-state index is 10.7. The lowest BCUT2D eigenvalue weighted by Gasteiger charge is -2.23. The van der Waals surface area contributed by atoms with E-state index in [1.807, 2.05) is 44.2 Å². The number of rotatable bonds is 10. The molecule has 3 aromatic carbocycles. The fraction of sp³-hybridized carbons (Fsp3) is 0.303. The molecule has 1 atom stereocenters. The summed E-state index contributed by atoms with van der Waals surface area (Å²) in [4.78, 5) is 4.76. The van der Waals surface area contributed by atoms with Crippen LogP contribution < -0.4 is 0 Å². The lowest BCUT2D eigenvalue weighted by Crippen LogP contribution is -2.18. The molecular weight excluding hydrogens is 494 g/mol. The minimum atomic E-state index is -0.833. The molecule has 37 heavy (non-hydrogen) atoms. The van der Waals surface area contributed by atoms with Crippen molar-refractivity contribution in [3.05, 3.63) is 112 Å². The molecule has 0 amide bonds. The fourth-order valence-electron chi connectivity index (χ4n) is 4.75. The number of aliphatic hydroxyl groups is 1. The Kier molecular flexibility index (Phi) is 8.04. The van der Waals surface area contributed by atoms with Crippen molar-refractivity contribution in [2.75, 3.05) is 5.75 Å². The Morgan fingerprint density at radius 2 is 1.81 bits per heavy atom. The summed E-state index contributed by atoms with van der Waals surface area (Å²) >= 11 is 8.26. The van der Waals surface area contributed by atoms with Gasteiger partial charge < -0.3 is 5.11 Å². The van der Waals surface area contributed by atoms with Gasteiger partial charge in [-0.25, -0.2) is 4.98 Å². The van der Waals surface area contributed by atoms with Gasteiger partial charge in [-0.3, -0.25) is 0 Å². The molecule has 0 spiro atoms. The molecular formula is C33H34ClNOS. The zero-order valence-corrected chi connectivity index (χ0v) is 23.1. The molecule has 5 rings (SSSR count). The highest BCUT2D eigenvalue weighted by atomic mass is 35.5. The summed E-state index contributed by atoms with van der Waals surface area (Å²) in [7, 11) is 0. The first-order valence-electron chi connectivity index (χ1n) is 13.1. The van der Waals surface area contributed by atoms with E-state index < -0.39 is 5.60 Å². The van der Waals surface area contributed by atoms with Crippen molar-refractivity contribution in [1.82, 2.24) is 4.98 Å². The monoisotopic (exact) mass is 527 g/mol. The van der Waals surface area contributed by atoms with E-state index in [2.05, 4.69) is 72.4 Å². The summed E-state index contributed by atoms with van der Waals surface area (Å²) in [5.41, 5.74) is 5.81. The molecule has 1 aliphatic rings. The van der Waals surface area contributed by atoms with E-state index in [1.54, 1.807) is 0 Å². The maximum atomic E-state index is 10.7. The van der Waals surface area contributed by atoms with E-state index in [-0.39, 0.29) is 0 Å². The standard InChI is InChI=1S/C33H34ClNOS/c1-33(2,36)30-9-4-3-7-25(30)15-19-32(37-22-24-10-11-24)27-8-5-6-23(20-27)12-17-29-18-14-26-13-16-28(34)21-31(26)35-29/h3-9,12-14,16-18,20-21,24,32,36H,10-11,15,19,22H2,1-2H3/t32-/m0/s1. The van der Waals surface area contributed by atoms with E-state index in [4.69, 9.17) is 16.6 Å². The van der Waals surface area contributed by atoms with Gasteiger partial charge in [-0.05, 0) is 97.7 Å². The van der Waals surface area contributed by atoms with E-state index in [1.165, 1.54) is 35.3 Å². The highest BCUT2D eigenvalue weighted by Crippen LogP contribution is 2.41. The molecule has 1 aromatic heterocycles. The first-order valence-corrected chi connectivity index (χ1v) is 14.5. The predicted molar refractivity (Wildman–Crippen MR) is 160 cm³/mol. The van der Waals surface area contributed by atoms with Crippen LogP contribution in [0.1, 0.15) is 66.3 Å². The number of aromatic nitrogens is 1. The minimum absolute atomic E-state index is 0.421. The van der Waals surface area contributed by atoms with E-state index in [0.717, 1.165) is 40.9 Å². The second-order valence-electron chi connectivity index (χ2n) is 10.6. The van der Waals surface area contributed by atoms with Crippen molar-refractivity contribution in [2.45, 2.75) is 50.4 Å². The van der Waals surface area contributed by atoms with E-state index in [9.17, 15) is 5.11 Å². The molecule has 0 bridgehead atoms. The second-order valence-corrected chi connectivity index (χ2v) is 12.3. The van der Waals surface area contributed by atoms with Crippen molar-refractivity contribution < 1.29 is 5.11 Å². The number of hydrogen-bond donors (Lipinski definition) is 1. The van der Waals surface area contributed by atoms with Crippen LogP contribution in [-0.4, -0.2) is 15.8 Å². The summed E-state index contributed by atoms with van der Waals surface area (Å²) < 4.78 is 0. The number of aryl methyl sites for hydroxylation is 1. The average Bonchev–Trinajstić information content (AvgIpc) is 3.72. The van der Waals surface area contributed by atoms with Crippen LogP contribution in [0.4, 0.5) is 0 Å². The largest absolute Gasteiger partial charge is 0.386 e. The molecule has 0 saturated heterocycles. The second kappa shape index (κ2) is 11.4. The van der Waals surface area contributed by atoms with Crippen LogP contribution >= 0.6 is 23.4 Å². The number of halogens is 1. The Bertz CT molecular complexity index is 1400. The molecule has 1 N–H and O–H groups in total. The van der Waals surface area contributed by atoms with Gasteiger partial charge in [0, 0.05) is 15.7 Å². The zero-order chi connectivity index (χ0) is 25.8. The van der Waals surface area contributed by atoms with Gasteiger partial charge >= 0.3 is 0 Å². The number of thioether (sulfide) groups is 1. The molecule has 0 unspecified atom stereocenters. The van der Waals surface area contributed by atoms with Gasteiger partial charge in [0.15, 0.2) is 0 Å². The summed E-state index contributed by atoms with van der Waals surface area (Å²) in [5.74, 6) is 2.10. The molecule has 4 aromatic rings. The topological polar surface area (TPSA) is 33.1 Å². The SMILES string of the molecule is CC(C)(O)c1ccccc1CC[C@H](SCC1CC1)c1cccc(C=Cc2ccc3ccc(Cl)cc3n2)c1. The number of fused-ring (bicyclic) bond motifs is 1. The summed E-state index contributed by atoms with van der Waals surface area (Å²) in [5, 5.41) is 12.9. The molecule has 4 heteroatoms. The normalized spacial score (nSPS) is 14.9. The quantitative estimate of drug-likeness (QED) is 0.223. The van der Waals surface area contributed by atoms with Crippen LogP contribution in [-0.2, 0) is 12.0 Å². The minimum Gasteiger partial charge on any atom is -0.386 e. The van der Waals surface area contributed by atoms with Crippen molar-refractivity contribution >= 4 is 46.4 Å². The third kappa shape index (κ3) is 7.04. The third-order valence-corrected chi connectivity index (χ3v) is 8.80. The van der Waals surface area contributed by atoms with Gasteiger partial charge in [0.1, 0.15) is 0 Å². The molecule has 1 saturated carbocycles. The average molecular weight is 528 g/mol. The van der Waals surface area contributed by atoms with Crippen molar-refractivity contribution in [1.29, 1.82) is 0 Å². The highest BCUT2D eigenvalue weighted by Gasteiger charge is 2.25. The maximum Gasteiger partial charge on any atom is 0.0843 e. The molecule has 190 valence electrons. The summed E-state index contributed by atoms with van der Waals surface area (Å²) in [6.45, 7) is 3.75. The fourth-order valence-corrected chi connectivity index (χ4v) is 6.38. The van der Waals surface area contributed by atoms with Crippen LogP contribution in [0.2, 0.25) is 5.02 Å². The first kappa shape index (κ1) is 26.0. The van der Waals surface area contributed by atoms with Gasteiger partial charge in [0.2, 0.25) is 0 Å². The molecule has 0 radical (unpaired) electrons. The Labute approximate surface area is 229 Å². The van der Waals surface area contributed by atoms with Crippen molar-refractivity contribution in [2.24, 2.45) is 5.92 Å². The van der Waals surface area contributed by atoms with Crippen LogP contribution in [0.25, 0.3) is 23.1 Å². The molecule has 0 aliphatic heterocycles. The van der Waals surface area contributed by atoms with Crippen LogP contribution in [0.15, 0.2) is 78.9 Å². The number of pyridine rings is 1. The number of nitrogens with zero attached hydrogens (tertiary/aromatic N) is 1. The molecule has 1 fully saturated rings. The van der Waals surface area contributed by atoms with Crippen molar-refractivity contribution in [3.63, 3.8) is 0 Å². The molecule has 1 heterocycles. The first-order chi connectivity index (χ1) is 17.8. The number of hydrogen-bond acceptors (Lipinski definition) is 3. The van der Waals surface area contributed by atoms with Gasteiger partial charge in [-0.1, -0.05) is 78.3 Å². The van der Waals surface area contributed by atoms with E-state index >= 15 is 0 Å². The van der Waals surface area contributed by atoms with Crippen LogP contribution in [0.3, 0.4) is 0 Å². The predicted octanol–water partition coefficient (Wildman–Crippen LogP) is 9.10. The Morgan fingerprint density at radius 1 is 1.00 bits per heavy atom. The summed E-state index contributed by atoms with van der Waals surface area (Å²) in [6, 6.07) is 27.2. The zero-order valence-electron chi connectivity index (χ0n) is 21.5. The third-order valence-electron chi connectivity index (χ3n) is 6.99. The van der Waals surface area contributed by atoms with Gasteiger partial charge in [-0.2, -0.15) is 11.8 Å². The Balaban J connectivity index is 1.34. The number of benzene rings is 3. The van der Waals surface area contributed by atoms with Gasteiger partial charge in [0.25, 0.3) is 0 Å². The smallest absolute Gasteiger partial charge is 0.0843 e. The summed E-state index contributed by atoms with van der Waals surface area (Å²) in [6.07, 6.45) is 8.96. The van der Waals surface area contributed by atoms with Crippen LogP contribution in [0, 0.1) is 5.92 Å².